The maximum Gasteiger partial charge on any atom is 0.191 e. The third-order valence-corrected chi connectivity index (χ3v) is 5.36. The van der Waals surface area contributed by atoms with Gasteiger partial charge in [-0.15, -0.1) is 0 Å². The Morgan fingerprint density at radius 2 is 1.68 bits per heavy atom. The van der Waals surface area contributed by atoms with E-state index in [9.17, 15) is 0 Å². The molecule has 0 bridgehead atoms. The Morgan fingerprint density at radius 3 is 2.29 bits per heavy atom. The summed E-state index contributed by atoms with van der Waals surface area (Å²) < 4.78 is 16.6. The topological polar surface area (TPSA) is 67.4 Å². The second-order valence-electron chi connectivity index (χ2n) is 7.25. The first kappa shape index (κ1) is 25.1. The molecule has 0 aromatic carbocycles. The standard InChI is InChI=1S/C21H44N4O3/c1-5-8-12-26-16-17-27-13-9-23-21(22-4)24-18-20(19(6-2)7-3)25-10-14-28-15-11-25/h19-20H,5-18H2,1-4H3,(H2,22,23,24). The van der Waals surface area contributed by atoms with Gasteiger partial charge in [-0.05, 0) is 12.3 Å². The Morgan fingerprint density at radius 1 is 1.00 bits per heavy atom. The molecule has 1 aliphatic heterocycles. The Kier molecular flexibility index (Phi) is 15.3. The molecule has 0 radical (unpaired) electrons. The molecule has 166 valence electrons. The van der Waals surface area contributed by atoms with Crippen molar-refractivity contribution in [3.63, 3.8) is 0 Å². The van der Waals surface area contributed by atoms with Crippen LogP contribution in [0.5, 0.6) is 0 Å². The minimum absolute atomic E-state index is 0.508. The maximum absolute atomic E-state index is 5.61. The molecule has 0 amide bonds. The number of aliphatic imine (C=N–C) groups is 1. The van der Waals surface area contributed by atoms with E-state index in [4.69, 9.17) is 14.2 Å². The zero-order chi connectivity index (χ0) is 20.5. The second kappa shape index (κ2) is 17.0. The summed E-state index contributed by atoms with van der Waals surface area (Å²) in [5.74, 6) is 1.52. The van der Waals surface area contributed by atoms with Gasteiger partial charge in [-0.1, -0.05) is 40.0 Å². The van der Waals surface area contributed by atoms with Crippen LogP contribution in [0.25, 0.3) is 0 Å². The van der Waals surface area contributed by atoms with Crippen LogP contribution >= 0.6 is 0 Å². The predicted octanol–water partition coefficient (Wildman–Crippen LogP) is 2.12. The van der Waals surface area contributed by atoms with Crippen molar-refractivity contribution in [3.8, 4) is 0 Å². The van der Waals surface area contributed by atoms with Crippen molar-refractivity contribution in [2.45, 2.75) is 52.5 Å². The number of guanidine groups is 1. The van der Waals surface area contributed by atoms with E-state index in [2.05, 4.69) is 41.3 Å². The van der Waals surface area contributed by atoms with Crippen molar-refractivity contribution in [2.75, 3.05) is 72.9 Å². The third kappa shape index (κ3) is 10.6. The lowest BCUT2D eigenvalue weighted by atomic mass is 9.92. The number of nitrogens with zero attached hydrogens (tertiary/aromatic N) is 2. The molecule has 0 aromatic rings. The molecule has 28 heavy (non-hydrogen) atoms. The molecule has 0 spiro atoms. The van der Waals surface area contributed by atoms with Crippen LogP contribution in [-0.2, 0) is 14.2 Å². The van der Waals surface area contributed by atoms with Crippen LogP contribution in [-0.4, -0.2) is 89.8 Å². The number of ether oxygens (including phenoxy) is 3. The lowest BCUT2D eigenvalue weighted by Crippen LogP contribution is -2.53. The molecule has 1 saturated heterocycles. The van der Waals surface area contributed by atoms with Crippen molar-refractivity contribution >= 4 is 5.96 Å². The highest BCUT2D eigenvalue weighted by Crippen LogP contribution is 2.19. The summed E-state index contributed by atoms with van der Waals surface area (Å²) in [5, 5.41) is 6.86. The van der Waals surface area contributed by atoms with Crippen LogP contribution < -0.4 is 10.6 Å². The first-order chi connectivity index (χ1) is 13.8. The lowest BCUT2D eigenvalue weighted by molar-refractivity contribution is 0.00271. The molecule has 0 saturated carbocycles. The van der Waals surface area contributed by atoms with Gasteiger partial charge < -0.3 is 24.8 Å². The molecule has 7 nitrogen and oxygen atoms in total. The normalized spacial score (nSPS) is 17.1. The minimum atomic E-state index is 0.508. The lowest BCUT2D eigenvalue weighted by Gasteiger charge is -2.39. The van der Waals surface area contributed by atoms with Gasteiger partial charge in [-0.25, -0.2) is 0 Å². The van der Waals surface area contributed by atoms with Crippen LogP contribution in [0, 0.1) is 5.92 Å². The largest absolute Gasteiger partial charge is 0.379 e. The van der Waals surface area contributed by atoms with E-state index >= 15 is 0 Å². The minimum Gasteiger partial charge on any atom is -0.379 e. The zero-order valence-corrected chi connectivity index (χ0v) is 18.7. The summed E-state index contributed by atoms with van der Waals surface area (Å²) in [4.78, 5) is 6.93. The third-order valence-electron chi connectivity index (χ3n) is 5.36. The van der Waals surface area contributed by atoms with E-state index < -0.39 is 0 Å². The van der Waals surface area contributed by atoms with E-state index in [1.807, 2.05) is 7.05 Å². The van der Waals surface area contributed by atoms with Crippen LogP contribution in [0.2, 0.25) is 0 Å². The van der Waals surface area contributed by atoms with Crippen molar-refractivity contribution in [2.24, 2.45) is 10.9 Å². The molecule has 0 aromatic heterocycles. The summed E-state index contributed by atoms with van der Waals surface area (Å²) in [6.45, 7) is 14.9. The molecule has 1 fully saturated rings. The highest BCUT2D eigenvalue weighted by Gasteiger charge is 2.26. The second-order valence-corrected chi connectivity index (χ2v) is 7.25. The fourth-order valence-corrected chi connectivity index (χ4v) is 3.57. The molecule has 1 atom stereocenters. The van der Waals surface area contributed by atoms with Crippen LogP contribution in [0.4, 0.5) is 0 Å². The Balaban J connectivity index is 2.27. The molecule has 1 rings (SSSR count). The van der Waals surface area contributed by atoms with Crippen LogP contribution in [0.3, 0.4) is 0 Å². The summed E-state index contributed by atoms with van der Waals surface area (Å²) in [7, 11) is 1.82. The number of nitrogens with one attached hydrogen (secondary N) is 2. The maximum atomic E-state index is 5.61. The molecule has 1 unspecified atom stereocenters. The van der Waals surface area contributed by atoms with E-state index in [1.165, 1.54) is 19.3 Å². The summed E-state index contributed by atoms with van der Waals surface area (Å²) in [5.41, 5.74) is 0. The number of morpholine rings is 1. The van der Waals surface area contributed by atoms with Gasteiger partial charge in [0.1, 0.15) is 0 Å². The summed E-state index contributed by atoms with van der Waals surface area (Å²) in [6, 6.07) is 0.508. The molecular weight excluding hydrogens is 356 g/mol. The van der Waals surface area contributed by atoms with Gasteiger partial charge in [-0.3, -0.25) is 9.89 Å². The van der Waals surface area contributed by atoms with Crippen molar-refractivity contribution in [1.29, 1.82) is 0 Å². The fourth-order valence-electron chi connectivity index (χ4n) is 3.57. The van der Waals surface area contributed by atoms with Gasteiger partial charge in [0, 0.05) is 45.9 Å². The predicted molar refractivity (Wildman–Crippen MR) is 116 cm³/mol. The highest BCUT2D eigenvalue weighted by atomic mass is 16.5. The first-order valence-electron chi connectivity index (χ1n) is 11.2. The highest BCUT2D eigenvalue weighted by molar-refractivity contribution is 5.79. The first-order valence-corrected chi connectivity index (χ1v) is 11.2. The van der Waals surface area contributed by atoms with E-state index in [0.29, 0.717) is 31.8 Å². The van der Waals surface area contributed by atoms with E-state index in [1.54, 1.807) is 0 Å². The van der Waals surface area contributed by atoms with Crippen molar-refractivity contribution in [3.05, 3.63) is 0 Å². The van der Waals surface area contributed by atoms with E-state index in [-0.39, 0.29) is 0 Å². The number of unbranched alkanes of at least 4 members (excludes halogenated alkanes) is 1. The Bertz CT molecular complexity index is 386. The van der Waals surface area contributed by atoms with Gasteiger partial charge in [0.25, 0.3) is 0 Å². The molecular formula is C21H44N4O3. The molecule has 1 heterocycles. The average Bonchev–Trinajstić information content (AvgIpc) is 2.74. The van der Waals surface area contributed by atoms with Crippen LogP contribution in [0.1, 0.15) is 46.5 Å². The monoisotopic (exact) mass is 400 g/mol. The van der Waals surface area contributed by atoms with Gasteiger partial charge in [-0.2, -0.15) is 0 Å². The molecule has 2 N–H and O–H groups in total. The smallest absolute Gasteiger partial charge is 0.191 e. The SMILES string of the molecule is CCCCOCCOCCNC(=NC)NCC(C(CC)CC)N1CCOCC1. The van der Waals surface area contributed by atoms with Gasteiger partial charge in [0.05, 0.1) is 33.0 Å². The summed E-state index contributed by atoms with van der Waals surface area (Å²) in [6.07, 6.45) is 4.67. The van der Waals surface area contributed by atoms with Crippen LogP contribution in [0.15, 0.2) is 4.99 Å². The number of rotatable bonds is 15. The van der Waals surface area contributed by atoms with Gasteiger partial charge >= 0.3 is 0 Å². The molecule has 1 aliphatic rings. The van der Waals surface area contributed by atoms with Crippen molar-refractivity contribution < 1.29 is 14.2 Å². The number of hydrogen-bond donors (Lipinski definition) is 2. The van der Waals surface area contributed by atoms with E-state index in [0.717, 1.165) is 58.4 Å². The Hall–Kier alpha value is -0.890. The zero-order valence-electron chi connectivity index (χ0n) is 18.7. The summed E-state index contributed by atoms with van der Waals surface area (Å²) >= 11 is 0. The molecule has 7 heteroatoms. The van der Waals surface area contributed by atoms with Gasteiger partial charge in [0.15, 0.2) is 5.96 Å². The fraction of sp³-hybridized carbons (Fsp3) is 0.952. The van der Waals surface area contributed by atoms with Crippen molar-refractivity contribution in [1.82, 2.24) is 15.5 Å². The average molecular weight is 401 g/mol. The number of hydrogen-bond acceptors (Lipinski definition) is 5. The van der Waals surface area contributed by atoms with Gasteiger partial charge in [0.2, 0.25) is 0 Å². The Labute approximate surface area is 172 Å². The quantitative estimate of drug-likeness (QED) is 0.249. The molecule has 0 aliphatic carbocycles.